The number of ketones is 1. The van der Waals surface area contributed by atoms with Gasteiger partial charge in [-0.1, -0.05) is 55.5 Å². The van der Waals surface area contributed by atoms with Gasteiger partial charge in [0.1, 0.15) is 35.0 Å². The molecule has 196 valence electrons. The molecule has 3 aromatic carbocycles. The van der Waals surface area contributed by atoms with Gasteiger partial charge in [-0.15, -0.1) is 0 Å². The molecule has 1 atom stereocenters. The molecule has 1 aliphatic carbocycles. The van der Waals surface area contributed by atoms with E-state index in [1.807, 2.05) is 48.5 Å². The highest BCUT2D eigenvalue weighted by Crippen LogP contribution is 2.39. The van der Waals surface area contributed by atoms with Gasteiger partial charge in [0.25, 0.3) is 0 Å². The zero-order valence-electron chi connectivity index (χ0n) is 22.5. The highest BCUT2D eigenvalue weighted by Gasteiger charge is 2.19. The molecule has 0 amide bonds. The normalized spacial score (nSPS) is 14.9. The minimum Gasteiger partial charge on any atom is -0.496 e. The first-order valence-corrected chi connectivity index (χ1v) is 13.2. The molecule has 1 unspecified atom stereocenters. The van der Waals surface area contributed by atoms with Crippen LogP contribution in [0.25, 0.3) is 33.4 Å². The number of hydrogen-bond acceptors (Lipinski definition) is 5. The number of benzene rings is 3. The number of carbonyl (C=O) groups excluding carboxylic acids is 1. The van der Waals surface area contributed by atoms with Crippen LogP contribution in [0, 0.1) is 11.3 Å². The van der Waals surface area contributed by atoms with Crippen molar-refractivity contribution in [2.75, 3.05) is 7.11 Å². The van der Waals surface area contributed by atoms with Crippen LogP contribution in [0.3, 0.4) is 0 Å². The lowest BCUT2D eigenvalue weighted by atomic mass is 9.95. The van der Waals surface area contributed by atoms with Crippen molar-refractivity contribution in [3.63, 3.8) is 0 Å². The number of para-hydroxylation sites is 1. The molecule has 0 radical (unpaired) electrons. The number of carbonyl (C=O) groups is 1. The van der Waals surface area contributed by atoms with Gasteiger partial charge in [0, 0.05) is 22.9 Å². The van der Waals surface area contributed by atoms with Gasteiger partial charge >= 0.3 is 0 Å². The number of fused-ring (bicyclic) bond motifs is 1. The van der Waals surface area contributed by atoms with Gasteiger partial charge in [0.15, 0.2) is 5.78 Å². The zero-order chi connectivity index (χ0) is 27.5. The van der Waals surface area contributed by atoms with E-state index in [2.05, 4.69) is 25.6 Å². The van der Waals surface area contributed by atoms with E-state index in [1.54, 1.807) is 26.2 Å². The lowest BCUT2D eigenvalue weighted by molar-refractivity contribution is 0.103. The van der Waals surface area contributed by atoms with Crippen LogP contribution >= 0.6 is 0 Å². The Bertz CT molecular complexity index is 1650. The van der Waals surface area contributed by atoms with Crippen molar-refractivity contribution >= 4 is 16.8 Å². The number of allylic oxidation sites excluding steroid dienone is 2. The third-order valence-electron chi connectivity index (χ3n) is 7.28. The standard InChI is InChI=1S/C34H31NO4/c1-5-22-9-13-27(14-10-22)38-30-16-12-23(17-26(30)20-35)28-8-6-7-25-19-32(39-34(25)28)29-15-11-24(18-31(29)37-4)33(36)21(2)3/h6-9,11-12,15-19,27H,2,5,10,13-14H2,1,3-4H3. The van der Waals surface area contributed by atoms with Crippen molar-refractivity contribution in [1.29, 1.82) is 5.26 Å². The minimum atomic E-state index is -0.127. The summed E-state index contributed by atoms with van der Waals surface area (Å²) in [5.41, 5.74) is 6.16. The second-order valence-electron chi connectivity index (χ2n) is 9.91. The summed E-state index contributed by atoms with van der Waals surface area (Å²) < 4.78 is 18.2. The van der Waals surface area contributed by atoms with Crippen molar-refractivity contribution in [3.05, 3.63) is 95.6 Å². The summed E-state index contributed by atoms with van der Waals surface area (Å²) in [6.45, 7) is 7.62. The van der Waals surface area contributed by atoms with Crippen LogP contribution in [0.15, 0.2) is 88.9 Å². The van der Waals surface area contributed by atoms with E-state index in [-0.39, 0.29) is 11.9 Å². The van der Waals surface area contributed by atoms with Crippen molar-refractivity contribution in [2.24, 2.45) is 0 Å². The first-order valence-electron chi connectivity index (χ1n) is 13.2. The molecule has 4 aromatic rings. The quantitative estimate of drug-likeness (QED) is 0.133. The summed E-state index contributed by atoms with van der Waals surface area (Å²) in [4.78, 5) is 12.4. The van der Waals surface area contributed by atoms with Gasteiger partial charge in [-0.25, -0.2) is 0 Å². The SMILES string of the molecule is C=C(C)C(=O)c1ccc(-c2cc3cccc(-c4ccc(OC5CC=C(CC)CC5)c(C#N)c4)c3o2)c(OC)c1. The van der Waals surface area contributed by atoms with Crippen LogP contribution < -0.4 is 9.47 Å². The molecule has 0 N–H and O–H groups in total. The van der Waals surface area contributed by atoms with E-state index < -0.39 is 0 Å². The molecule has 0 bridgehead atoms. The van der Waals surface area contributed by atoms with Crippen LogP contribution in [-0.2, 0) is 0 Å². The Morgan fingerprint density at radius 2 is 1.95 bits per heavy atom. The molecule has 1 aromatic heterocycles. The van der Waals surface area contributed by atoms with E-state index >= 15 is 0 Å². The van der Waals surface area contributed by atoms with Crippen LogP contribution in [-0.4, -0.2) is 19.0 Å². The second kappa shape index (κ2) is 11.0. The van der Waals surface area contributed by atoms with Crippen molar-refractivity contribution < 1.29 is 18.7 Å². The fourth-order valence-electron chi connectivity index (χ4n) is 5.07. The Kier molecular flexibility index (Phi) is 7.38. The number of nitriles is 1. The van der Waals surface area contributed by atoms with Crippen molar-refractivity contribution in [3.8, 4) is 40.0 Å². The van der Waals surface area contributed by atoms with E-state index in [1.165, 1.54) is 5.57 Å². The van der Waals surface area contributed by atoms with Crippen LogP contribution in [0.4, 0.5) is 0 Å². The summed E-state index contributed by atoms with van der Waals surface area (Å²) in [5.74, 6) is 1.65. The fraction of sp³-hybridized carbons (Fsp3) is 0.235. The topological polar surface area (TPSA) is 72.5 Å². The van der Waals surface area contributed by atoms with E-state index in [4.69, 9.17) is 13.9 Å². The largest absolute Gasteiger partial charge is 0.496 e. The van der Waals surface area contributed by atoms with Gasteiger partial charge in [-0.3, -0.25) is 4.79 Å². The number of nitrogens with zero attached hydrogens (tertiary/aromatic N) is 1. The summed E-state index contributed by atoms with van der Waals surface area (Å²) >= 11 is 0. The van der Waals surface area contributed by atoms with E-state index in [0.29, 0.717) is 39.5 Å². The van der Waals surface area contributed by atoms with Crippen molar-refractivity contribution in [1.82, 2.24) is 0 Å². The third-order valence-corrected chi connectivity index (χ3v) is 7.28. The lowest BCUT2D eigenvalue weighted by Gasteiger charge is -2.23. The first-order chi connectivity index (χ1) is 18.9. The second-order valence-corrected chi connectivity index (χ2v) is 9.91. The molecule has 0 spiro atoms. The van der Waals surface area contributed by atoms with Gasteiger partial charge in [0.05, 0.1) is 18.2 Å². The van der Waals surface area contributed by atoms with E-state index in [0.717, 1.165) is 47.8 Å². The number of Topliss-reactive ketones (excluding diaryl/α,β-unsaturated/α-hetero) is 1. The summed E-state index contributed by atoms with van der Waals surface area (Å²) in [6.07, 6.45) is 6.31. The highest BCUT2D eigenvalue weighted by molar-refractivity contribution is 6.08. The molecule has 0 saturated heterocycles. The molecule has 5 nitrogen and oxygen atoms in total. The number of furan rings is 1. The average molecular weight is 518 g/mol. The number of methoxy groups -OCH3 is 1. The zero-order valence-corrected chi connectivity index (χ0v) is 22.5. The van der Waals surface area contributed by atoms with Crippen molar-refractivity contribution in [2.45, 2.75) is 45.6 Å². The lowest BCUT2D eigenvalue weighted by Crippen LogP contribution is -2.19. The summed E-state index contributed by atoms with van der Waals surface area (Å²) in [6, 6.07) is 21.2. The molecule has 1 aliphatic rings. The third kappa shape index (κ3) is 5.24. The average Bonchev–Trinajstić information content (AvgIpc) is 3.41. The molecule has 5 rings (SSSR count). The van der Waals surface area contributed by atoms with Gasteiger partial charge in [-0.2, -0.15) is 5.26 Å². The Hall–Kier alpha value is -4.56. The monoisotopic (exact) mass is 517 g/mol. The summed E-state index contributed by atoms with van der Waals surface area (Å²) in [7, 11) is 1.57. The van der Waals surface area contributed by atoms with Gasteiger partial charge < -0.3 is 13.9 Å². The maximum atomic E-state index is 12.4. The molecular weight excluding hydrogens is 486 g/mol. The molecule has 5 heteroatoms. The Morgan fingerprint density at radius 1 is 1.10 bits per heavy atom. The predicted octanol–water partition coefficient (Wildman–Crippen LogP) is 8.67. The fourth-order valence-corrected chi connectivity index (χ4v) is 5.07. The highest BCUT2D eigenvalue weighted by atomic mass is 16.5. The van der Waals surface area contributed by atoms with E-state index in [9.17, 15) is 10.1 Å². The number of ether oxygens (including phenoxy) is 2. The maximum absolute atomic E-state index is 12.4. The molecule has 39 heavy (non-hydrogen) atoms. The summed E-state index contributed by atoms with van der Waals surface area (Å²) in [5, 5.41) is 10.8. The Balaban J connectivity index is 1.48. The maximum Gasteiger partial charge on any atom is 0.188 e. The van der Waals surface area contributed by atoms with Crippen LogP contribution in [0.5, 0.6) is 11.5 Å². The first kappa shape index (κ1) is 26.1. The van der Waals surface area contributed by atoms with Crippen LogP contribution in [0.1, 0.15) is 55.5 Å². The minimum absolute atomic E-state index is 0.0846. The predicted molar refractivity (Wildman–Crippen MR) is 154 cm³/mol. The molecule has 0 aliphatic heterocycles. The van der Waals surface area contributed by atoms with Gasteiger partial charge in [-0.05, 0) is 67.7 Å². The smallest absolute Gasteiger partial charge is 0.188 e. The number of hydrogen-bond donors (Lipinski definition) is 0. The molecular formula is C34H31NO4. The molecule has 0 saturated carbocycles. The number of rotatable bonds is 8. The molecule has 1 heterocycles. The Labute approximate surface area is 229 Å². The Morgan fingerprint density at radius 3 is 2.64 bits per heavy atom. The van der Waals surface area contributed by atoms with Gasteiger partial charge in [0.2, 0.25) is 0 Å². The van der Waals surface area contributed by atoms with Crippen LogP contribution in [0.2, 0.25) is 0 Å². The molecule has 0 fully saturated rings.